The van der Waals surface area contributed by atoms with E-state index in [1.165, 1.54) is 0 Å². The third kappa shape index (κ3) is 9.35. The summed E-state index contributed by atoms with van der Waals surface area (Å²) < 4.78 is 0. The van der Waals surface area contributed by atoms with Gasteiger partial charge in [-0.3, -0.25) is 0 Å². The van der Waals surface area contributed by atoms with E-state index in [9.17, 15) is 0 Å². The summed E-state index contributed by atoms with van der Waals surface area (Å²) in [5, 5.41) is 0. The summed E-state index contributed by atoms with van der Waals surface area (Å²) in [6.07, 6.45) is 0. The predicted octanol–water partition coefficient (Wildman–Crippen LogP) is -1.65. The van der Waals surface area contributed by atoms with Gasteiger partial charge in [0, 0.05) is 52.4 Å². The van der Waals surface area contributed by atoms with Crippen molar-refractivity contribution in [3.05, 3.63) is 0 Å². The first-order chi connectivity index (χ1) is 0. The molecule has 4 heteroatoms. The van der Waals surface area contributed by atoms with Gasteiger partial charge >= 0.3 is 0 Å². The molecule has 4 heavy (non-hydrogen) atoms. The molecule has 0 aromatic carbocycles. The van der Waals surface area contributed by atoms with Crippen LogP contribution in [0, 0.1) is 0 Å². The first kappa shape index (κ1) is 43.9. The van der Waals surface area contributed by atoms with Crippen molar-refractivity contribution < 1.29 is 63.4 Å². The summed E-state index contributed by atoms with van der Waals surface area (Å²) in [6.45, 7) is 0. The Balaban J connectivity index is 0. The van der Waals surface area contributed by atoms with Crippen LogP contribution in [-0.4, -0.2) is 11.0 Å². The van der Waals surface area contributed by atoms with Gasteiger partial charge in [0.2, 0.25) is 0 Å². The van der Waals surface area contributed by atoms with Crippen molar-refractivity contribution in [3.63, 3.8) is 0 Å². The fourth-order valence-corrected chi connectivity index (χ4v) is 0. The van der Waals surface area contributed by atoms with E-state index < -0.39 is 0 Å². The Kier molecular flexibility index (Phi) is 246. The van der Waals surface area contributed by atoms with E-state index in [-0.39, 0.29) is 63.4 Å². The Morgan fingerprint density at radius 2 is 0.500 bits per heavy atom. The van der Waals surface area contributed by atoms with Crippen molar-refractivity contribution in [3.8, 4) is 0 Å². The monoisotopic (exact) mass is 216 g/mol. The summed E-state index contributed by atoms with van der Waals surface area (Å²) in [7, 11) is 0. The normalized spacial score (nSPS) is 0. The van der Waals surface area contributed by atoms with Crippen LogP contribution >= 0.6 is 0 Å². The molecule has 0 aromatic rings. The molecule has 0 fully saturated rings. The van der Waals surface area contributed by atoms with Gasteiger partial charge in [0.25, 0.3) is 0 Å². The van der Waals surface area contributed by atoms with E-state index in [4.69, 9.17) is 0 Å². The van der Waals surface area contributed by atoms with E-state index in [1.807, 2.05) is 0 Å². The van der Waals surface area contributed by atoms with Crippen molar-refractivity contribution in [2.24, 2.45) is 0 Å². The van der Waals surface area contributed by atoms with Crippen LogP contribution in [0.3, 0.4) is 0 Å². The van der Waals surface area contributed by atoms with Gasteiger partial charge in [-0.25, -0.2) is 0 Å². The second kappa shape index (κ2) is 22.4. The summed E-state index contributed by atoms with van der Waals surface area (Å²) in [5.41, 5.74) is 0. The third-order valence-electron chi connectivity index (χ3n) is 0. The standard InChI is InChI=1S/2H2O.2Zr/h2*1H2;;. The zero-order valence-corrected chi connectivity index (χ0v) is 6.92. The molecule has 0 unspecified atom stereocenters. The zero-order valence-electron chi connectivity index (χ0n) is 2.00. The fraction of sp³-hybridized carbons (Fsp3) is 0. The van der Waals surface area contributed by atoms with Crippen LogP contribution in [0.15, 0.2) is 0 Å². The SMILES string of the molecule is O.O.[Zr].[Zr]. The largest absolute Gasteiger partial charge is 0.412 e. The Labute approximate surface area is 62.8 Å². The number of hydrogen-bond acceptors (Lipinski definition) is 0. The predicted molar refractivity (Wildman–Crippen MR) is 7.23 cm³/mol. The van der Waals surface area contributed by atoms with Crippen molar-refractivity contribution >= 4 is 0 Å². The molecule has 0 saturated carbocycles. The average Bonchev–Trinajstić information content (AvgIpc) is 0. The van der Waals surface area contributed by atoms with Gasteiger partial charge in [-0.15, -0.1) is 0 Å². The van der Waals surface area contributed by atoms with E-state index in [0.717, 1.165) is 0 Å². The van der Waals surface area contributed by atoms with Crippen LogP contribution in [0.1, 0.15) is 0 Å². The topological polar surface area (TPSA) is 63.0 Å². The number of rotatable bonds is 0. The van der Waals surface area contributed by atoms with Crippen molar-refractivity contribution in [2.75, 3.05) is 0 Å². The van der Waals surface area contributed by atoms with Crippen molar-refractivity contribution in [1.82, 2.24) is 0 Å². The number of hydrogen-bond donors (Lipinski definition) is 0. The van der Waals surface area contributed by atoms with Gasteiger partial charge in [-0.2, -0.15) is 0 Å². The van der Waals surface area contributed by atoms with Crippen LogP contribution in [0.25, 0.3) is 0 Å². The fourth-order valence-electron chi connectivity index (χ4n) is 0. The van der Waals surface area contributed by atoms with E-state index in [0.29, 0.717) is 0 Å². The van der Waals surface area contributed by atoms with Gasteiger partial charge in [-0.05, 0) is 0 Å². The summed E-state index contributed by atoms with van der Waals surface area (Å²) >= 11 is 0. The smallest absolute Gasteiger partial charge is 0 e. The molecular weight excluding hydrogens is 214 g/mol. The molecule has 0 aromatic heterocycles. The van der Waals surface area contributed by atoms with E-state index in [2.05, 4.69) is 0 Å². The van der Waals surface area contributed by atoms with Crippen molar-refractivity contribution in [2.45, 2.75) is 0 Å². The van der Waals surface area contributed by atoms with Crippen LogP contribution in [-0.2, 0) is 52.4 Å². The average molecular weight is 218 g/mol. The molecule has 0 saturated heterocycles. The second-order valence-corrected chi connectivity index (χ2v) is 0. The molecule has 0 heterocycles. The molecule has 0 amide bonds. The maximum atomic E-state index is 0. The van der Waals surface area contributed by atoms with Crippen LogP contribution in [0.4, 0.5) is 0 Å². The van der Waals surface area contributed by atoms with E-state index >= 15 is 0 Å². The first-order valence-corrected chi connectivity index (χ1v) is 0. The van der Waals surface area contributed by atoms with Crippen molar-refractivity contribution in [1.29, 1.82) is 0 Å². The van der Waals surface area contributed by atoms with Gasteiger partial charge in [-0.1, -0.05) is 0 Å². The molecule has 0 aliphatic heterocycles. The molecular formula is H4O2Zr2. The third-order valence-corrected chi connectivity index (χ3v) is 0. The minimum absolute atomic E-state index is 0. The molecule has 0 spiro atoms. The molecule has 24 valence electrons. The molecule has 0 atom stereocenters. The quantitative estimate of drug-likeness (QED) is 0.468. The van der Waals surface area contributed by atoms with Crippen LogP contribution < -0.4 is 0 Å². The Morgan fingerprint density at radius 1 is 0.500 bits per heavy atom. The first-order valence-electron chi connectivity index (χ1n) is 0. The molecule has 4 N–H and O–H groups in total. The zero-order chi connectivity index (χ0) is 0. The van der Waals surface area contributed by atoms with Crippen LogP contribution in [0.2, 0.25) is 0 Å². The second-order valence-electron chi connectivity index (χ2n) is 0. The summed E-state index contributed by atoms with van der Waals surface area (Å²) in [4.78, 5) is 0. The summed E-state index contributed by atoms with van der Waals surface area (Å²) in [6, 6.07) is 0. The molecule has 0 rings (SSSR count). The molecule has 0 radical (unpaired) electrons. The maximum absolute atomic E-state index is 0. The van der Waals surface area contributed by atoms with Gasteiger partial charge in [0.05, 0.1) is 0 Å². The van der Waals surface area contributed by atoms with Crippen LogP contribution in [0.5, 0.6) is 0 Å². The Bertz CT molecular complexity index is 4.00. The molecule has 0 bridgehead atoms. The molecule has 2 nitrogen and oxygen atoms in total. The van der Waals surface area contributed by atoms with Gasteiger partial charge in [0.15, 0.2) is 0 Å². The molecule has 0 aliphatic carbocycles. The Morgan fingerprint density at radius 3 is 0.500 bits per heavy atom. The minimum Gasteiger partial charge on any atom is -0.412 e. The minimum atomic E-state index is 0. The van der Waals surface area contributed by atoms with Gasteiger partial charge < -0.3 is 11.0 Å². The van der Waals surface area contributed by atoms with E-state index in [1.54, 1.807) is 0 Å². The summed E-state index contributed by atoms with van der Waals surface area (Å²) in [5.74, 6) is 0. The Hall–Kier alpha value is 1.69. The van der Waals surface area contributed by atoms with Gasteiger partial charge in [0.1, 0.15) is 0 Å². The molecule has 0 aliphatic rings. The maximum Gasteiger partial charge on any atom is 0 e.